The molecule has 1 aromatic rings. The molecule has 5 nitrogen and oxygen atoms in total. The number of halogens is 4. The quantitative estimate of drug-likeness (QED) is 0.208. The maximum Gasteiger partial charge on any atom is 0.333 e. The van der Waals surface area contributed by atoms with Gasteiger partial charge in [-0.1, -0.05) is 6.58 Å². The third-order valence-electron chi connectivity index (χ3n) is 2.71. The molecule has 0 spiro atoms. The molecule has 0 aliphatic heterocycles. The molecule has 0 bridgehead atoms. The molecular formula is C14H14F4N2O3. The van der Waals surface area contributed by atoms with Crippen molar-refractivity contribution >= 4 is 17.6 Å². The monoisotopic (exact) mass is 334 g/mol. The molecule has 23 heavy (non-hydrogen) atoms. The highest BCUT2D eigenvalue weighted by Crippen LogP contribution is 2.25. The first-order valence-corrected chi connectivity index (χ1v) is 6.40. The van der Waals surface area contributed by atoms with Crippen LogP contribution in [0.3, 0.4) is 0 Å². The van der Waals surface area contributed by atoms with Gasteiger partial charge in [0.05, 0.1) is 6.61 Å². The molecule has 0 saturated carbocycles. The Morgan fingerprint density at radius 1 is 1.13 bits per heavy atom. The fourth-order valence-corrected chi connectivity index (χ4v) is 1.50. The highest BCUT2D eigenvalue weighted by Gasteiger charge is 2.27. The number of rotatable bonds is 6. The third-order valence-corrected chi connectivity index (χ3v) is 2.71. The Morgan fingerprint density at radius 2 is 1.65 bits per heavy atom. The van der Waals surface area contributed by atoms with Crippen LogP contribution in [0.25, 0.3) is 0 Å². The lowest BCUT2D eigenvalue weighted by Crippen LogP contribution is -2.28. The maximum atomic E-state index is 13.5. The van der Waals surface area contributed by atoms with Gasteiger partial charge >= 0.3 is 5.97 Å². The van der Waals surface area contributed by atoms with Crippen LogP contribution in [-0.4, -0.2) is 25.0 Å². The second-order valence-electron chi connectivity index (χ2n) is 4.57. The van der Waals surface area contributed by atoms with Gasteiger partial charge in [0.1, 0.15) is 11.3 Å². The van der Waals surface area contributed by atoms with Gasteiger partial charge in [-0.25, -0.2) is 22.4 Å². The lowest BCUT2D eigenvalue weighted by Gasteiger charge is -2.10. The predicted octanol–water partition coefficient (Wildman–Crippen LogP) is 2.06. The fraction of sp³-hybridized carbons (Fsp3) is 0.286. The first-order valence-electron chi connectivity index (χ1n) is 6.40. The van der Waals surface area contributed by atoms with Crippen molar-refractivity contribution in [1.29, 1.82) is 0 Å². The normalized spacial score (nSPS) is 10.3. The van der Waals surface area contributed by atoms with Crippen molar-refractivity contribution in [2.24, 2.45) is 0 Å². The van der Waals surface area contributed by atoms with Crippen molar-refractivity contribution in [2.45, 2.75) is 13.3 Å². The number of ether oxygens (including phenoxy) is 1. The number of carbonyl (C=O) groups excluding carboxylic acids is 2. The molecule has 0 radical (unpaired) electrons. The van der Waals surface area contributed by atoms with E-state index in [2.05, 4.69) is 11.9 Å². The van der Waals surface area contributed by atoms with Gasteiger partial charge in [-0.3, -0.25) is 4.79 Å². The average molecular weight is 334 g/mol. The summed E-state index contributed by atoms with van der Waals surface area (Å²) in [5.74, 6) is -9.44. The number of hydrogen-bond donors (Lipinski definition) is 2. The predicted molar refractivity (Wildman–Crippen MR) is 73.4 cm³/mol. The summed E-state index contributed by atoms with van der Waals surface area (Å²) in [5.41, 5.74) is 2.26. The molecule has 0 aliphatic carbocycles. The standard InChI is InChI=1S/C14H14F4N2O3/c1-6(2)14(22)23-5-3-4-20-13(21)7-8(15)10(17)12(19)11(18)9(7)16/h1,3-5,19H2,2H3,(H,20,21). The van der Waals surface area contributed by atoms with E-state index in [1.807, 2.05) is 0 Å². The largest absolute Gasteiger partial charge is 0.462 e. The van der Waals surface area contributed by atoms with E-state index < -0.39 is 46.4 Å². The Hall–Kier alpha value is -2.58. The number of esters is 1. The summed E-state index contributed by atoms with van der Waals surface area (Å²) < 4.78 is 58.3. The molecule has 0 heterocycles. The number of nitrogens with one attached hydrogen (secondary N) is 1. The summed E-state index contributed by atoms with van der Waals surface area (Å²) in [6, 6.07) is 0. The molecule has 0 saturated heterocycles. The second-order valence-corrected chi connectivity index (χ2v) is 4.57. The molecule has 126 valence electrons. The fourth-order valence-electron chi connectivity index (χ4n) is 1.50. The molecule has 1 aromatic carbocycles. The molecule has 3 N–H and O–H groups in total. The van der Waals surface area contributed by atoms with Crippen LogP contribution < -0.4 is 11.1 Å². The van der Waals surface area contributed by atoms with Crippen molar-refractivity contribution in [3.8, 4) is 0 Å². The van der Waals surface area contributed by atoms with Crippen LogP contribution >= 0.6 is 0 Å². The minimum Gasteiger partial charge on any atom is -0.462 e. The summed E-state index contributed by atoms with van der Waals surface area (Å²) in [6.45, 7) is 4.57. The lowest BCUT2D eigenvalue weighted by molar-refractivity contribution is -0.138. The van der Waals surface area contributed by atoms with E-state index in [0.29, 0.717) is 0 Å². The zero-order valence-electron chi connectivity index (χ0n) is 12.1. The molecule has 9 heteroatoms. The van der Waals surface area contributed by atoms with Crippen LogP contribution in [0.4, 0.5) is 23.2 Å². The summed E-state index contributed by atoms with van der Waals surface area (Å²) in [5, 5.41) is 2.05. The zero-order chi connectivity index (χ0) is 17.7. The molecular weight excluding hydrogens is 320 g/mol. The number of amides is 1. The van der Waals surface area contributed by atoms with Crippen LogP contribution in [-0.2, 0) is 9.53 Å². The van der Waals surface area contributed by atoms with Gasteiger partial charge < -0.3 is 15.8 Å². The van der Waals surface area contributed by atoms with E-state index in [0.717, 1.165) is 0 Å². The van der Waals surface area contributed by atoms with Crippen LogP contribution in [0.1, 0.15) is 23.7 Å². The van der Waals surface area contributed by atoms with Gasteiger partial charge in [0.25, 0.3) is 5.91 Å². The Morgan fingerprint density at radius 3 is 2.13 bits per heavy atom. The number of nitrogen functional groups attached to an aromatic ring is 1. The zero-order valence-corrected chi connectivity index (χ0v) is 12.1. The van der Waals surface area contributed by atoms with Crippen LogP contribution in [0, 0.1) is 23.3 Å². The SMILES string of the molecule is C=C(C)C(=O)OCCCNC(=O)c1c(F)c(F)c(N)c(F)c1F. The Balaban J connectivity index is 2.66. The van der Waals surface area contributed by atoms with Crippen LogP contribution in [0.15, 0.2) is 12.2 Å². The van der Waals surface area contributed by atoms with Gasteiger partial charge in [0.2, 0.25) is 0 Å². The molecule has 0 aliphatic rings. The Bertz CT molecular complexity index is 633. The summed E-state index contributed by atoms with van der Waals surface area (Å²) in [6.07, 6.45) is 0.119. The molecule has 0 fully saturated rings. The van der Waals surface area contributed by atoms with E-state index in [4.69, 9.17) is 10.5 Å². The Kier molecular flexibility index (Phi) is 6.11. The van der Waals surface area contributed by atoms with E-state index in [1.165, 1.54) is 6.92 Å². The molecule has 1 rings (SSSR count). The van der Waals surface area contributed by atoms with Crippen molar-refractivity contribution in [2.75, 3.05) is 18.9 Å². The van der Waals surface area contributed by atoms with Crippen molar-refractivity contribution in [3.05, 3.63) is 41.0 Å². The smallest absolute Gasteiger partial charge is 0.333 e. The van der Waals surface area contributed by atoms with Crippen LogP contribution in [0.2, 0.25) is 0 Å². The average Bonchev–Trinajstić information content (AvgIpc) is 2.50. The summed E-state index contributed by atoms with van der Waals surface area (Å²) >= 11 is 0. The number of carbonyl (C=O) groups is 2. The number of nitrogens with two attached hydrogens (primary N) is 1. The molecule has 0 atom stereocenters. The summed E-state index contributed by atoms with van der Waals surface area (Å²) in [4.78, 5) is 22.7. The highest BCUT2D eigenvalue weighted by atomic mass is 19.2. The third kappa shape index (κ3) is 4.21. The van der Waals surface area contributed by atoms with Gasteiger partial charge in [-0.2, -0.15) is 0 Å². The van der Waals surface area contributed by atoms with Crippen molar-refractivity contribution in [3.63, 3.8) is 0 Å². The van der Waals surface area contributed by atoms with E-state index in [1.54, 1.807) is 0 Å². The van der Waals surface area contributed by atoms with Crippen molar-refractivity contribution < 1.29 is 31.9 Å². The number of hydrogen-bond acceptors (Lipinski definition) is 4. The van der Waals surface area contributed by atoms with Gasteiger partial charge in [-0.05, 0) is 13.3 Å². The maximum absolute atomic E-state index is 13.5. The van der Waals surface area contributed by atoms with E-state index in [-0.39, 0.29) is 25.1 Å². The molecule has 0 unspecified atom stereocenters. The topological polar surface area (TPSA) is 81.4 Å². The Labute approximate surface area is 129 Å². The van der Waals surface area contributed by atoms with Gasteiger partial charge in [0.15, 0.2) is 23.3 Å². The first kappa shape index (κ1) is 18.5. The highest BCUT2D eigenvalue weighted by molar-refractivity contribution is 5.95. The minimum absolute atomic E-state index is 0.0819. The number of anilines is 1. The van der Waals surface area contributed by atoms with Gasteiger partial charge in [-0.15, -0.1) is 0 Å². The summed E-state index contributed by atoms with van der Waals surface area (Å²) in [7, 11) is 0. The lowest BCUT2D eigenvalue weighted by atomic mass is 10.1. The molecule has 0 aromatic heterocycles. The van der Waals surface area contributed by atoms with Crippen molar-refractivity contribution in [1.82, 2.24) is 5.32 Å². The van der Waals surface area contributed by atoms with E-state index >= 15 is 0 Å². The first-order chi connectivity index (χ1) is 10.7. The van der Waals surface area contributed by atoms with Gasteiger partial charge in [0, 0.05) is 12.1 Å². The van der Waals surface area contributed by atoms with E-state index in [9.17, 15) is 27.2 Å². The minimum atomic E-state index is -1.88. The second kappa shape index (κ2) is 7.61. The number of benzene rings is 1. The van der Waals surface area contributed by atoms with Crippen LogP contribution in [0.5, 0.6) is 0 Å². The molecule has 1 amide bonds.